The maximum absolute atomic E-state index is 11.0. The molecule has 1 heterocycles. The Balaban J connectivity index is 2.99. The molecule has 0 aliphatic heterocycles. The molecule has 84 valence electrons. The van der Waals surface area contributed by atoms with Gasteiger partial charge in [-0.25, -0.2) is 4.98 Å². The Morgan fingerprint density at radius 3 is 2.73 bits per heavy atom. The zero-order valence-electron chi connectivity index (χ0n) is 9.40. The highest BCUT2D eigenvalue weighted by atomic mass is 16.1. The van der Waals surface area contributed by atoms with E-state index in [2.05, 4.69) is 4.98 Å². The molecule has 1 aromatic rings. The number of rotatable bonds is 4. The lowest BCUT2D eigenvalue weighted by Crippen LogP contribution is -2.42. The van der Waals surface area contributed by atoms with Gasteiger partial charge in [-0.2, -0.15) is 0 Å². The summed E-state index contributed by atoms with van der Waals surface area (Å²) in [5.41, 5.74) is 11.8. The molecule has 0 radical (unpaired) electrons. The highest BCUT2D eigenvalue weighted by Gasteiger charge is 2.21. The van der Waals surface area contributed by atoms with Crippen LogP contribution < -0.4 is 11.5 Å². The van der Waals surface area contributed by atoms with Gasteiger partial charge in [0, 0.05) is 12.6 Å². The second kappa shape index (κ2) is 4.44. The van der Waals surface area contributed by atoms with Gasteiger partial charge in [-0.3, -0.25) is 4.79 Å². The largest absolute Gasteiger partial charge is 0.368 e. The van der Waals surface area contributed by atoms with Crippen molar-refractivity contribution in [2.24, 2.45) is 11.5 Å². The van der Waals surface area contributed by atoms with E-state index in [9.17, 15) is 4.79 Å². The van der Waals surface area contributed by atoms with Gasteiger partial charge in [-0.1, -0.05) is 6.92 Å². The summed E-state index contributed by atoms with van der Waals surface area (Å²) >= 11 is 0. The molecule has 2 unspecified atom stereocenters. The van der Waals surface area contributed by atoms with Crippen LogP contribution in [0.3, 0.4) is 0 Å². The van der Waals surface area contributed by atoms with Crippen LogP contribution in [0, 0.1) is 6.92 Å². The Morgan fingerprint density at radius 1 is 1.67 bits per heavy atom. The van der Waals surface area contributed by atoms with Crippen LogP contribution >= 0.6 is 0 Å². The molecule has 5 heteroatoms. The third kappa shape index (κ3) is 2.36. The van der Waals surface area contributed by atoms with E-state index in [0.29, 0.717) is 0 Å². The average molecular weight is 210 g/mol. The first kappa shape index (κ1) is 11.7. The first-order valence-electron chi connectivity index (χ1n) is 5.06. The third-order valence-corrected chi connectivity index (χ3v) is 2.53. The zero-order chi connectivity index (χ0) is 11.6. The summed E-state index contributed by atoms with van der Waals surface area (Å²) in [7, 11) is 0. The van der Waals surface area contributed by atoms with Gasteiger partial charge in [0.2, 0.25) is 5.91 Å². The summed E-state index contributed by atoms with van der Waals surface area (Å²) < 4.78 is 1.92. The van der Waals surface area contributed by atoms with Crippen LogP contribution in [-0.4, -0.2) is 21.5 Å². The van der Waals surface area contributed by atoms with Gasteiger partial charge in [0.15, 0.2) is 0 Å². The van der Waals surface area contributed by atoms with Crippen LogP contribution in [0.4, 0.5) is 0 Å². The predicted molar refractivity (Wildman–Crippen MR) is 58.2 cm³/mol. The predicted octanol–water partition coefficient (Wildman–Crippen LogP) is 0.128. The van der Waals surface area contributed by atoms with Crippen molar-refractivity contribution in [3.05, 3.63) is 17.7 Å². The number of aryl methyl sites for hydroxylation is 2. The van der Waals surface area contributed by atoms with Crippen molar-refractivity contribution < 1.29 is 4.79 Å². The van der Waals surface area contributed by atoms with Crippen LogP contribution in [0.25, 0.3) is 0 Å². The minimum absolute atomic E-state index is 0.154. The minimum Gasteiger partial charge on any atom is -0.368 e. The fraction of sp³-hybridized carbons (Fsp3) is 0.600. The molecule has 1 amide bonds. The number of amides is 1. The van der Waals surface area contributed by atoms with Gasteiger partial charge in [-0.05, 0) is 13.8 Å². The topological polar surface area (TPSA) is 86.9 Å². The highest BCUT2D eigenvalue weighted by molar-refractivity contribution is 5.80. The van der Waals surface area contributed by atoms with Crippen molar-refractivity contribution in [1.82, 2.24) is 9.55 Å². The van der Waals surface area contributed by atoms with Gasteiger partial charge in [-0.15, -0.1) is 0 Å². The molecule has 0 fully saturated rings. The van der Waals surface area contributed by atoms with E-state index in [4.69, 9.17) is 11.5 Å². The molecule has 0 aromatic carbocycles. The summed E-state index contributed by atoms with van der Waals surface area (Å²) in [5.74, 6) is 0.438. The van der Waals surface area contributed by atoms with Gasteiger partial charge >= 0.3 is 0 Å². The molecule has 4 N–H and O–H groups in total. The Hall–Kier alpha value is -1.36. The molecule has 0 spiro atoms. The van der Waals surface area contributed by atoms with E-state index in [1.165, 1.54) is 0 Å². The third-order valence-electron chi connectivity index (χ3n) is 2.53. The normalized spacial score (nSPS) is 14.9. The molecule has 0 bridgehead atoms. The molecule has 5 nitrogen and oxygen atoms in total. The molecule has 0 saturated heterocycles. The number of primary amides is 1. The van der Waals surface area contributed by atoms with E-state index >= 15 is 0 Å². The van der Waals surface area contributed by atoms with E-state index in [0.717, 1.165) is 17.9 Å². The average Bonchev–Trinajstić information content (AvgIpc) is 2.57. The molecule has 1 rings (SSSR count). The Morgan fingerprint density at radius 2 is 2.27 bits per heavy atom. The number of imidazole rings is 1. The van der Waals surface area contributed by atoms with Crippen LogP contribution in [0.1, 0.15) is 31.4 Å². The minimum atomic E-state index is -0.677. The van der Waals surface area contributed by atoms with Gasteiger partial charge in [0.1, 0.15) is 11.9 Å². The fourth-order valence-electron chi connectivity index (χ4n) is 1.59. The molecule has 1 aromatic heterocycles. The van der Waals surface area contributed by atoms with E-state index < -0.39 is 11.9 Å². The summed E-state index contributed by atoms with van der Waals surface area (Å²) in [6.07, 6.45) is 2.70. The number of aromatic nitrogens is 2. The van der Waals surface area contributed by atoms with Crippen molar-refractivity contribution >= 4 is 5.91 Å². The smallest absolute Gasteiger partial charge is 0.236 e. The number of carbonyl (C=O) groups is 1. The molecule has 2 atom stereocenters. The maximum atomic E-state index is 11.0. The zero-order valence-corrected chi connectivity index (χ0v) is 9.40. The Kier molecular flexibility index (Phi) is 3.47. The van der Waals surface area contributed by atoms with Crippen molar-refractivity contribution in [3.8, 4) is 0 Å². The summed E-state index contributed by atoms with van der Waals surface area (Å²) in [6.45, 7) is 5.80. The SMILES string of the molecule is CCc1nc(C)cn1C(C)C(N)C(N)=O. The maximum Gasteiger partial charge on any atom is 0.236 e. The van der Waals surface area contributed by atoms with Gasteiger partial charge in [0.25, 0.3) is 0 Å². The lowest BCUT2D eigenvalue weighted by atomic mass is 10.1. The van der Waals surface area contributed by atoms with Crippen LogP contribution in [0.2, 0.25) is 0 Å². The van der Waals surface area contributed by atoms with Gasteiger partial charge < -0.3 is 16.0 Å². The second-order valence-corrected chi connectivity index (χ2v) is 3.73. The van der Waals surface area contributed by atoms with Crippen LogP contribution in [0.5, 0.6) is 0 Å². The number of carbonyl (C=O) groups excluding carboxylic acids is 1. The van der Waals surface area contributed by atoms with Crippen molar-refractivity contribution in [1.29, 1.82) is 0 Å². The van der Waals surface area contributed by atoms with Crippen LogP contribution in [-0.2, 0) is 11.2 Å². The van der Waals surface area contributed by atoms with E-state index in [1.54, 1.807) is 0 Å². The summed E-state index contributed by atoms with van der Waals surface area (Å²) in [6, 6.07) is -0.831. The number of nitrogens with two attached hydrogens (primary N) is 2. The van der Waals surface area contributed by atoms with E-state index in [1.807, 2.05) is 31.5 Å². The van der Waals surface area contributed by atoms with Gasteiger partial charge in [0.05, 0.1) is 11.7 Å². The molecule has 0 saturated carbocycles. The first-order chi connectivity index (χ1) is 6.97. The first-order valence-corrected chi connectivity index (χ1v) is 5.06. The number of hydrogen-bond acceptors (Lipinski definition) is 3. The molecule has 0 aliphatic rings. The van der Waals surface area contributed by atoms with Crippen molar-refractivity contribution in [2.45, 2.75) is 39.3 Å². The Labute approximate surface area is 89.5 Å². The van der Waals surface area contributed by atoms with Crippen molar-refractivity contribution in [2.75, 3.05) is 0 Å². The lowest BCUT2D eigenvalue weighted by Gasteiger charge is -2.20. The number of hydrogen-bond donors (Lipinski definition) is 2. The van der Waals surface area contributed by atoms with E-state index in [-0.39, 0.29) is 6.04 Å². The fourth-order valence-corrected chi connectivity index (χ4v) is 1.59. The Bertz CT molecular complexity index is 358. The number of nitrogens with zero attached hydrogens (tertiary/aromatic N) is 2. The molecule has 0 aliphatic carbocycles. The highest BCUT2D eigenvalue weighted by Crippen LogP contribution is 2.14. The van der Waals surface area contributed by atoms with Crippen LogP contribution in [0.15, 0.2) is 6.20 Å². The summed E-state index contributed by atoms with van der Waals surface area (Å²) in [4.78, 5) is 15.3. The standard InChI is InChI=1S/C10H18N4O/c1-4-8-13-6(2)5-14(8)7(3)9(11)10(12)15/h5,7,9H,4,11H2,1-3H3,(H2,12,15). The molecular weight excluding hydrogens is 192 g/mol. The quantitative estimate of drug-likeness (QED) is 0.740. The molecular formula is C10H18N4O. The second-order valence-electron chi connectivity index (χ2n) is 3.73. The summed E-state index contributed by atoms with van der Waals surface area (Å²) in [5, 5.41) is 0. The monoisotopic (exact) mass is 210 g/mol. The lowest BCUT2D eigenvalue weighted by molar-refractivity contribution is -0.120. The van der Waals surface area contributed by atoms with Crippen molar-refractivity contribution in [3.63, 3.8) is 0 Å². The molecule has 15 heavy (non-hydrogen) atoms.